The Hall–Kier alpha value is -2.24. The van der Waals surface area contributed by atoms with Gasteiger partial charge in [-0.15, -0.1) is 0 Å². The van der Waals surface area contributed by atoms with Crippen molar-refractivity contribution in [1.82, 2.24) is 9.88 Å². The number of nitrogens with zero attached hydrogens (tertiary/aromatic N) is 3. The van der Waals surface area contributed by atoms with E-state index in [2.05, 4.69) is 24.8 Å². The highest BCUT2D eigenvalue weighted by atomic mass is 32.1. The zero-order chi connectivity index (χ0) is 18.5. The van der Waals surface area contributed by atoms with Crippen LogP contribution in [0.3, 0.4) is 0 Å². The molecular formula is C21H25N3OS. The number of carbonyl (C=O) groups is 1. The molecule has 0 atom stereocenters. The zero-order valence-electron chi connectivity index (χ0n) is 15.6. The second-order valence-electron chi connectivity index (χ2n) is 6.32. The SMILES string of the molecule is CCN(CC)CCN(C(=O)c1cccc(C)c1)c1nc2ccccc2s1. The van der Waals surface area contributed by atoms with E-state index in [1.807, 2.05) is 54.3 Å². The number of carbonyl (C=O) groups excluding carboxylic acids is 1. The van der Waals surface area contributed by atoms with Crippen LogP contribution in [0.4, 0.5) is 5.13 Å². The molecule has 3 rings (SSSR count). The maximum Gasteiger partial charge on any atom is 0.260 e. The monoisotopic (exact) mass is 367 g/mol. The number of hydrogen-bond donors (Lipinski definition) is 0. The average molecular weight is 368 g/mol. The first-order chi connectivity index (χ1) is 12.6. The topological polar surface area (TPSA) is 36.4 Å². The fraction of sp³-hybridized carbons (Fsp3) is 0.333. The van der Waals surface area contributed by atoms with Crippen LogP contribution in [0.5, 0.6) is 0 Å². The third-order valence-electron chi connectivity index (χ3n) is 4.56. The molecule has 0 saturated heterocycles. The van der Waals surface area contributed by atoms with Crippen molar-refractivity contribution in [1.29, 1.82) is 0 Å². The first-order valence-corrected chi connectivity index (χ1v) is 9.90. The number of anilines is 1. The van der Waals surface area contributed by atoms with Crippen LogP contribution in [0.2, 0.25) is 0 Å². The van der Waals surface area contributed by atoms with Crippen molar-refractivity contribution in [2.45, 2.75) is 20.8 Å². The molecule has 0 spiro atoms. The standard InChI is InChI=1S/C21H25N3OS/c1-4-23(5-2)13-14-24(20(25)17-10-8-9-16(3)15-17)21-22-18-11-6-7-12-19(18)26-21/h6-12,15H,4-5,13-14H2,1-3H3. The number of likely N-dealkylation sites (N-methyl/N-ethyl adjacent to an activating group) is 1. The quantitative estimate of drug-likeness (QED) is 0.613. The minimum absolute atomic E-state index is 0.0138. The predicted molar refractivity (Wildman–Crippen MR) is 110 cm³/mol. The minimum Gasteiger partial charge on any atom is -0.302 e. The molecule has 0 N–H and O–H groups in total. The van der Waals surface area contributed by atoms with Crippen LogP contribution < -0.4 is 4.90 Å². The number of para-hydroxylation sites is 1. The Morgan fingerprint density at radius 1 is 1.04 bits per heavy atom. The summed E-state index contributed by atoms with van der Waals surface area (Å²) in [6.07, 6.45) is 0. The van der Waals surface area contributed by atoms with Crippen LogP contribution in [0, 0.1) is 6.92 Å². The normalized spacial score (nSPS) is 11.2. The summed E-state index contributed by atoms with van der Waals surface area (Å²) >= 11 is 1.57. The molecular weight excluding hydrogens is 342 g/mol. The van der Waals surface area contributed by atoms with Crippen molar-refractivity contribution in [3.63, 3.8) is 0 Å². The van der Waals surface area contributed by atoms with Gasteiger partial charge in [0.1, 0.15) is 0 Å². The van der Waals surface area contributed by atoms with E-state index in [1.54, 1.807) is 11.3 Å². The van der Waals surface area contributed by atoms with Crippen molar-refractivity contribution in [3.05, 3.63) is 59.7 Å². The molecule has 0 aliphatic carbocycles. The lowest BCUT2D eigenvalue weighted by Gasteiger charge is -2.24. The van der Waals surface area contributed by atoms with Gasteiger partial charge in [-0.3, -0.25) is 9.69 Å². The van der Waals surface area contributed by atoms with Crippen molar-refractivity contribution >= 4 is 32.6 Å². The Bertz CT molecular complexity index is 853. The molecule has 2 aromatic carbocycles. The Morgan fingerprint density at radius 2 is 1.81 bits per heavy atom. The van der Waals surface area contributed by atoms with Crippen LogP contribution in [0.1, 0.15) is 29.8 Å². The fourth-order valence-corrected chi connectivity index (χ4v) is 3.96. The molecule has 0 aliphatic heterocycles. The van der Waals surface area contributed by atoms with Crippen molar-refractivity contribution in [2.24, 2.45) is 0 Å². The number of benzene rings is 2. The van der Waals surface area contributed by atoms with Crippen LogP contribution in [0.25, 0.3) is 10.2 Å². The van der Waals surface area contributed by atoms with Gasteiger partial charge in [0.2, 0.25) is 0 Å². The average Bonchev–Trinajstić information content (AvgIpc) is 3.08. The number of amides is 1. The van der Waals surface area contributed by atoms with E-state index in [0.717, 1.165) is 40.5 Å². The first kappa shape index (κ1) is 18.5. The lowest BCUT2D eigenvalue weighted by Crippen LogP contribution is -2.38. The van der Waals surface area contributed by atoms with E-state index in [0.29, 0.717) is 12.1 Å². The van der Waals surface area contributed by atoms with E-state index < -0.39 is 0 Å². The van der Waals surface area contributed by atoms with Gasteiger partial charge in [0, 0.05) is 18.7 Å². The third kappa shape index (κ3) is 4.11. The summed E-state index contributed by atoms with van der Waals surface area (Å²) in [5.74, 6) is 0.0138. The molecule has 0 aliphatic rings. The van der Waals surface area contributed by atoms with Crippen LogP contribution in [-0.4, -0.2) is 42.0 Å². The lowest BCUT2D eigenvalue weighted by molar-refractivity contribution is 0.0983. The number of aromatic nitrogens is 1. The molecule has 0 bridgehead atoms. The Morgan fingerprint density at radius 3 is 2.50 bits per heavy atom. The van der Waals surface area contributed by atoms with Gasteiger partial charge >= 0.3 is 0 Å². The maximum absolute atomic E-state index is 13.2. The fourth-order valence-electron chi connectivity index (χ4n) is 2.97. The number of aryl methyl sites for hydroxylation is 1. The number of rotatable bonds is 7. The van der Waals surface area contributed by atoms with Crippen molar-refractivity contribution in [2.75, 3.05) is 31.1 Å². The molecule has 1 amide bonds. The molecule has 0 saturated carbocycles. The highest BCUT2D eigenvalue weighted by molar-refractivity contribution is 7.22. The molecule has 4 nitrogen and oxygen atoms in total. The van der Waals surface area contributed by atoms with Gasteiger partial charge in [-0.2, -0.15) is 0 Å². The lowest BCUT2D eigenvalue weighted by atomic mass is 10.1. The molecule has 0 radical (unpaired) electrons. The van der Waals surface area contributed by atoms with E-state index >= 15 is 0 Å². The van der Waals surface area contributed by atoms with Crippen molar-refractivity contribution < 1.29 is 4.79 Å². The van der Waals surface area contributed by atoms with E-state index in [4.69, 9.17) is 4.98 Å². The van der Waals surface area contributed by atoms with Gasteiger partial charge in [0.05, 0.1) is 10.2 Å². The summed E-state index contributed by atoms with van der Waals surface area (Å²) in [6, 6.07) is 15.8. The molecule has 5 heteroatoms. The molecule has 26 heavy (non-hydrogen) atoms. The van der Waals surface area contributed by atoms with E-state index in [-0.39, 0.29) is 5.91 Å². The highest BCUT2D eigenvalue weighted by Gasteiger charge is 2.21. The molecule has 1 aromatic heterocycles. The summed E-state index contributed by atoms with van der Waals surface area (Å²) in [5, 5.41) is 0.768. The van der Waals surface area contributed by atoms with Gasteiger partial charge in [0.15, 0.2) is 5.13 Å². The third-order valence-corrected chi connectivity index (χ3v) is 5.62. The summed E-state index contributed by atoms with van der Waals surface area (Å²) in [6.45, 7) is 9.72. The summed E-state index contributed by atoms with van der Waals surface area (Å²) in [5.41, 5.74) is 2.74. The number of hydrogen-bond acceptors (Lipinski definition) is 4. The molecule has 0 fully saturated rings. The Balaban J connectivity index is 1.93. The minimum atomic E-state index is 0.0138. The van der Waals surface area contributed by atoms with Gasteiger partial charge in [0.25, 0.3) is 5.91 Å². The number of fused-ring (bicyclic) bond motifs is 1. The molecule has 1 heterocycles. The Kier molecular flexibility index (Phi) is 6.01. The molecule has 0 unspecified atom stereocenters. The smallest absolute Gasteiger partial charge is 0.260 e. The van der Waals surface area contributed by atoms with Gasteiger partial charge < -0.3 is 4.90 Å². The maximum atomic E-state index is 13.2. The molecule has 136 valence electrons. The molecule has 3 aromatic rings. The first-order valence-electron chi connectivity index (χ1n) is 9.08. The van der Waals surface area contributed by atoms with Gasteiger partial charge in [-0.25, -0.2) is 4.98 Å². The summed E-state index contributed by atoms with van der Waals surface area (Å²) in [7, 11) is 0. The van der Waals surface area contributed by atoms with Crippen LogP contribution in [-0.2, 0) is 0 Å². The second kappa shape index (κ2) is 8.43. The van der Waals surface area contributed by atoms with Crippen molar-refractivity contribution in [3.8, 4) is 0 Å². The Labute approximate surface area is 159 Å². The highest BCUT2D eigenvalue weighted by Crippen LogP contribution is 2.29. The predicted octanol–water partition coefficient (Wildman–Crippen LogP) is 4.59. The summed E-state index contributed by atoms with van der Waals surface area (Å²) < 4.78 is 1.10. The number of thiazole rings is 1. The van der Waals surface area contributed by atoms with E-state index in [9.17, 15) is 4.79 Å². The zero-order valence-corrected chi connectivity index (χ0v) is 16.4. The largest absolute Gasteiger partial charge is 0.302 e. The second-order valence-corrected chi connectivity index (χ2v) is 7.33. The van der Waals surface area contributed by atoms with Crippen LogP contribution in [0.15, 0.2) is 48.5 Å². The summed E-state index contributed by atoms with van der Waals surface area (Å²) in [4.78, 5) is 22.1. The van der Waals surface area contributed by atoms with E-state index in [1.165, 1.54) is 0 Å². The van der Waals surface area contributed by atoms with Crippen LogP contribution >= 0.6 is 11.3 Å². The van der Waals surface area contributed by atoms with Gasteiger partial charge in [-0.05, 0) is 44.3 Å². The van der Waals surface area contributed by atoms with Gasteiger partial charge in [-0.1, -0.05) is 55.0 Å².